The van der Waals surface area contributed by atoms with E-state index in [1.54, 1.807) is 12.1 Å². The number of aliphatic carboxylic acids is 1. The molecule has 1 aliphatic rings. The van der Waals surface area contributed by atoms with Gasteiger partial charge in [0.2, 0.25) is 0 Å². The molecule has 0 aromatic heterocycles. The number of carboxylic acids is 1. The van der Waals surface area contributed by atoms with Crippen LogP contribution in [0.1, 0.15) is 12.0 Å². The van der Waals surface area contributed by atoms with Crippen LogP contribution < -0.4 is 4.90 Å². The number of para-hydroxylation sites is 1. The minimum Gasteiger partial charge on any atom is -0.480 e. The Hall–Kier alpha value is -2.04. The predicted octanol–water partition coefficient (Wildman–Crippen LogP) is 1.79. The first kappa shape index (κ1) is 11.4. The molecule has 1 unspecified atom stereocenters. The van der Waals surface area contributed by atoms with Gasteiger partial charge in [0.15, 0.2) is 0 Å². The van der Waals surface area contributed by atoms with Crippen molar-refractivity contribution in [1.82, 2.24) is 0 Å². The Labute approximate surface area is 98.6 Å². The van der Waals surface area contributed by atoms with Gasteiger partial charge in [-0.2, -0.15) is 0 Å². The molecule has 5 nitrogen and oxygen atoms in total. The van der Waals surface area contributed by atoms with Crippen LogP contribution in [0.3, 0.4) is 0 Å². The summed E-state index contributed by atoms with van der Waals surface area (Å²) in [5, 5.41) is 9.13. The number of hydrogen-bond donors (Lipinski definition) is 1. The van der Waals surface area contributed by atoms with E-state index in [0.29, 0.717) is 12.1 Å². The number of aryl methyl sites for hydroxylation is 1. The third kappa shape index (κ3) is 2.08. The van der Waals surface area contributed by atoms with Crippen molar-refractivity contribution in [2.45, 2.75) is 19.4 Å². The van der Waals surface area contributed by atoms with Crippen molar-refractivity contribution >= 4 is 17.7 Å². The van der Waals surface area contributed by atoms with Crippen LogP contribution in [0.25, 0.3) is 0 Å². The molecular weight excluding hydrogens is 222 g/mol. The number of carbonyl (C=O) groups is 2. The number of cyclic esters (lactones) is 1. The zero-order chi connectivity index (χ0) is 12.4. The van der Waals surface area contributed by atoms with E-state index in [1.807, 2.05) is 19.1 Å². The van der Waals surface area contributed by atoms with E-state index >= 15 is 0 Å². The maximum Gasteiger partial charge on any atom is 0.415 e. The summed E-state index contributed by atoms with van der Waals surface area (Å²) in [4.78, 5) is 24.1. The van der Waals surface area contributed by atoms with Gasteiger partial charge in [0.25, 0.3) is 0 Å². The van der Waals surface area contributed by atoms with Crippen LogP contribution in [-0.4, -0.2) is 29.8 Å². The molecule has 1 aromatic rings. The van der Waals surface area contributed by atoms with Gasteiger partial charge >= 0.3 is 12.1 Å². The van der Waals surface area contributed by atoms with Crippen molar-refractivity contribution < 1.29 is 19.4 Å². The molecule has 2 rings (SSSR count). The lowest BCUT2D eigenvalue weighted by atomic mass is 10.1. The molecular formula is C12H13NO4. The van der Waals surface area contributed by atoms with Crippen molar-refractivity contribution in [3.05, 3.63) is 29.8 Å². The fourth-order valence-electron chi connectivity index (χ4n) is 1.92. The lowest BCUT2D eigenvalue weighted by Crippen LogP contribution is -2.50. The molecule has 90 valence electrons. The Bertz CT molecular complexity index is 458. The fourth-order valence-corrected chi connectivity index (χ4v) is 1.92. The normalized spacial score (nSPS) is 19.9. The number of ether oxygens (including phenoxy) is 1. The van der Waals surface area contributed by atoms with Gasteiger partial charge < -0.3 is 9.84 Å². The molecule has 0 spiro atoms. The molecule has 1 amide bonds. The largest absolute Gasteiger partial charge is 0.480 e. The summed E-state index contributed by atoms with van der Waals surface area (Å²) in [6.45, 7) is 1.98. The number of nitrogens with zero attached hydrogens (tertiary/aromatic N) is 1. The molecule has 1 fully saturated rings. The lowest BCUT2D eigenvalue weighted by molar-refractivity contribution is -0.139. The molecule has 1 saturated heterocycles. The highest BCUT2D eigenvalue weighted by Crippen LogP contribution is 2.26. The van der Waals surface area contributed by atoms with Gasteiger partial charge in [-0.1, -0.05) is 18.2 Å². The zero-order valence-electron chi connectivity index (χ0n) is 9.42. The zero-order valence-corrected chi connectivity index (χ0v) is 9.42. The van der Waals surface area contributed by atoms with Gasteiger partial charge in [-0.05, 0) is 18.6 Å². The molecule has 1 aliphatic heterocycles. The minimum absolute atomic E-state index is 0.151. The Morgan fingerprint density at radius 2 is 2.18 bits per heavy atom. The van der Waals surface area contributed by atoms with Crippen LogP contribution >= 0.6 is 0 Å². The second kappa shape index (κ2) is 4.45. The molecule has 0 aliphatic carbocycles. The van der Waals surface area contributed by atoms with Crippen LogP contribution in [-0.2, 0) is 9.53 Å². The van der Waals surface area contributed by atoms with Gasteiger partial charge in [0, 0.05) is 6.42 Å². The van der Waals surface area contributed by atoms with Gasteiger partial charge in [-0.3, -0.25) is 4.90 Å². The van der Waals surface area contributed by atoms with Crippen molar-refractivity contribution in [2.24, 2.45) is 0 Å². The van der Waals surface area contributed by atoms with Crippen molar-refractivity contribution in [3.63, 3.8) is 0 Å². The number of hydrogen-bond acceptors (Lipinski definition) is 3. The van der Waals surface area contributed by atoms with Crippen LogP contribution in [0, 0.1) is 6.92 Å². The van der Waals surface area contributed by atoms with E-state index in [9.17, 15) is 9.59 Å². The summed E-state index contributed by atoms with van der Waals surface area (Å²) in [6, 6.07) is 6.30. The average Bonchev–Trinajstić information content (AvgIpc) is 2.30. The summed E-state index contributed by atoms with van der Waals surface area (Å²) in [7, 11) is 0. The molecule has 1 heterocycles. The Kier molecular flexibility index (Phi) is 2.99. The standard InChI is InChI=1S/C12H13NO4/c1-8-4-2-3-5-9(8)13-10(11(14)15)6-7-17-12(13)16/h2-5,10H,6-7H2,1H3,(H,14,15). The van der Waals surface area contributed by atoms with E-state index in [4.69, 9.17) is 9.84 Å². The van der Waals surface area contributed by atoms with E-state index in [2.05, 4.69) is 0 Å². The third-order valence-electron chi connectivity index (χ3n) is 2.79. The number of carbonyl (C=O) groups excluding carboxylic acids is 1. The highest BCUT2D eigenvalue weighted by Gasteiger charge is 2.36. The van der Waals surface area contributed by atoms with E-state index in [1.165, 1.54) is 4.90 Å². The van der Waals surface area contributed by atoms with Crippen LogP contribution in [0.5, 0.6) is 0 Å². The Balaban J connectivity index is 2.42. The number of benzene rings is 1. The Morgan fingerprint density at radius 1 is 1.47 bits per heavy atom. The SMILES string of the molecule is Cc1ccccc1N1C(=O)OCCC1C(=O)O. The number of amides is 1. The summed E-state index contributed by atoms with van der Waals surface area (Å²) >= 11 is 0. The van der Waals surface area contributed by atoms with E-state index in [-0.39, 0.29) is 6.61 Å². The van der Waals surface area contributed by atoms with Gasteiger partial charge in [0.1, 0.15) is 6.04 Å². The molecule has 0 radical (unpaired) electrons. The van der Waals surface area contributed by atoms with Crippen molar-refractivity contribution in [1.29, 1.82) is 0 Å². The smallest absolute Gasteiger partial charge is 0.415 e. The number of carboxylic acid groups (broad SMARTS) is 1. The molecule has 0 saturated carbocycles. The summed E-state index contributed by atoms with van der Waals surface area (Å²) < 4.78 is 4.90. The average molecular weight is 235 g/mol. The highest BCUT2D eigenvalue weighted by molar-refractivity contribution is 5.96. The van der Waals surface area contributed by atoms with E-state index in [0.717, 1.165) is 5.56 Å². The van der Waals surface area contributed by atoms with Crippen molar-refractivity contribution in [2.75, 3.05) is 11.5 Å². The first-order valence-corrected chi connectivity index (χ1v) is 5.35. The summed E-state index contributed by atoms with van der Waals surface area (Å²) in [5.74, 6) is -1.01. The number of anilines is 1. The topological polar surface area (TPSA) is 66.8 Å². The van der Waals surface area contributed by atoms with Gasteiger partial charge in [-0.15, -0.1) is 0 Å². The maximum absolute atomic E-state index is 11.7. The Morgan fingerprint density at radius 3 is 2.82 bits per heavy atom. The first-order chi connectivity index (χ1) is 8.11. The van der Waals surface area contributed by atoms with Crippen LogP contribution in [0.4, 0.5) is 10.5 Å². The maximum atomic E-state index is 11.7. The van der Waals surface area contributed by atoms with Crippen LogP contribution in [0.15, 0.2) is 24.3 Å². The lowest BCUT2D eigenvalue weighted by Gasteiger charge is -2.33. The number of rotatable bonds is 2. The first-order valence-electron chi connectivity index (χ1n) is 5.35. The molecule has 0 bridgehead atoms. The second-order valence-corrected chi connectivity index (χ2v) is 3.91. The van der Waals surface area contributed by atoms with Crippen molar-refractivity contribution in [3.8, 4) is 0 Å². The van der Waals surface area contributed by atoms with Gasteiger partial charge in [0.05, 0.1) is 12.3 Å². The molecule has 17 heavy (non-hydrogen) atoms. The van der Waals surface area contributed by atoms with E-state index < -0.39 is 18.1 Å². The molecule has 1 atom stereocenters. The fraction of sp³-hybridized carbons (Fsp3) is 0.333. The summed E-state index contributed by atoms with van der Waals surface area (Å²) in [5.41, 5.74) is 1.43. The monoisotopic (exact) mass is 235 g/mol. The third-order valence-corrected chi connectivity index (χ3v) is 2.79. The molecule has 1 aromatic carbocycles. The molecule has 1 N–H and O–H groups in total. The highest BCUT2D eigenvalue weighted by atomic mass is 16.6. The molecule has 5 heteroatoms. The van der Waals surface area contributed by atoms with Crippen LogP contribution in [0.2, 0.25) is 0 Å². The minimum atomic E-state index is -1.01. The predicted molar refractivity (Wildman–Crippen MR) is 61.0 cm³/mol. The quantitative estimate of drug-likeness (QED) is 0.848. The second-order valence-electron chi connectivity index (χ2n) is 3.91. The summed E-state index contributed by atoms with van der Waals surface area (Å²) in [6.07, 6.45) is -0.298. The van der Waals surface area contributed by atoms with Gasteiger partial charge in [-0.25, -0.2) is 9.59 Å².